The number of benzene rings is 2. The Kier molecular flexibility index (Phi) is 4.90. The quantitative estimate of drug-likeness (QED) is 0.310. The molecular formula is C21H18N6O3. The van der Waals surface area contributed by atoms with Crippen LogP contribution in [0.1, 0.15) is 23.1 Å². The second kappa shape index (κ2) is 7.67. The summed E-state index contributed by atoms with van der Waals surface area (Å²) >= 11 is 0. The fourth-order valence-corrected chi connectivity index (χ4v) is 3.23. The number of hydrogen-bond donors (Lipinski definition) is 1. The summed E-state index contributed by atoms with van der Waals surface area (Å²) < 4.78 is 8.62. The Balaban J connectivity index is 1.56. The minimum absolute atomic E-state index is 0.0529. The van der Waals surface area contributed by atoms with E-state index < -0.39 is 12.6 Å². The lowest BCUT2D eigenvalue weighted by Gasteiger charge is -2.07. The zero-order valence-electron chi connectivity index (χ0n) is 16.4. The van der Waals surface area contributed by atoms with Crippen molar-refractivity contribution in [2.75, 3.05) is 6.61 Å². The van der Waals surface area contributed by atoms with Gasteiger partial charge in [0.25, 0.3) is 0 Å². The first-order valence-electron chi connectivity index (χ1n) is 9.28. The van der Waals surface area contributed by atoms with Gasteiger partial charge in [0.2, 0.25) is 0 Å². The highest BCUT2D eigenvalue weighted by Crippen LogP contribution is 2.22. The number of hydrogen-bond acceptors (Lipinski definition) is 7. The van der Waals surface area contributed by atoms with Crippen molar-refractivity contribution in [1.29, 1.82) is 5.26 Å². The van der Waals surface area contributed by atoms with E-state index >= 15 is 0 Å². The Morgan fingerprint density at radius 3 is 2.73 bits per heavy atom. The van der Waals surface area contributed by atoms with Crippen LogP contribution in [-0.2, 0) is 18.3 Å². The van der Waals surface area contributed by atoms with Gasteiger partial charge < -0.3 is 14.4 Å². The number of aliphatic hydroxyl groups excluding tert-OH is 1. The van der Waals surface area contributed by atoms with Gasteiger partial charge in [-0.1, -0.05) is 17.3 Å². The Morgan fingerprint density at radius 1 is 1.20 bits per heavy atom. The van der Waals surface area contributed by atoms with Gasteiger partial charge in [0, 0.05) is 13.6 Å². The molecule has 0 saturated heterocycles. The average molecular weight is 402 g/mol. The molecule has 0 spiro atoms. The van der Waals surface area contributed by atoms with Crippen LogP contribution < -0.4 is 0 Å². The van der Waals surface area contributed by atoms with Crippen molar-refractivity contribution >= 4 is 33.6 Å². The molecule has 0 aliphatic heterocycles. The van der Waals surface area contributed by atoms with Gasteiger partial charge in [-0.05, 0) is 37.3 Å². The molecule has 0 saturated carbocycles. The molecule has 9 heteroatoms. The third-order valence-corrected chi connectivity index (χ3v) is 4.80. The maximum Gasteiger partial charge on any atom is 0.338 e. The molecule has 4 aromatic rings. The van der Waals surface area contributed by atoms with Gasteiger partial charge in [0.15, 0.2) is 11.6 Å². The van der Waals surface area contributed by atoms with Crippen LogP contribution in [0.5, 0.6) is 0 Å². The van der Waals surface area contributed by atoms with Crippen molar-refractivity contribution in [3.63, 3.8) is 0 Å². The topological polar surface area (TPSA) is 119 Å². The molecule has 0 unspecified atom stereocenters. The van der Waals surface area contributed by atoms with Crippen molar-refractivity contribution in [3.8, 4) is 6.07 Å². The number of nitrogens with zero attached hydrogens (tertiary/aromatic N) is 6. The van der Waals surface area contributed by atoms with Gasteiger partial charge in [-0.25, -0.2) is 14.5 Å². The number of rotatable bonds is 5. The van der Waals surface area contributed by atoms with Crippen LogP contribution in [-0.4, -0.2) is 42.2 Å². The normalized spacial score (nSPS) is 12.0. The van der Waals surface area contributed by atoms with Crippen molar-refractivity contribution in [1.82, 2.24) is 24.5 Å². The number of para-hydroxylation sites is 2. The molecule has 150 valence electrons. The smallest absolute Gasteiger partial charge is 0.338 e. The number of fused-ring (bicyclic) bond motifs is 2. The van der Waals surface area contributed by atoms with Crippen LogP contribution in [0.2, 0.25) is 0 Å². The van der Waals surface area contributed by atoms with E-state index in [1.165, 1.54) is 0 Å². The van der Waals surface area contributed by atoms with Crippen LogP contribution >= 0.6 is 0 Å². The highest BCUT2D eigenvalue weighted by Gasteiger charge is 2.18. The van der Waals surface area contributed by atoms with Gasteiger partial charge in [-0.2, -0.15) is 5.26 Å². The van der Waals surface area contributed by atoms with E-state index in [9.17, 15) is 15.2 Å². The van der Waals surface area contributed by atoms with Crippen LogP contribution in [0.15, 0.2) is 48.2 Å². The summed E-state index contributed by atoms with van der Waals surface area (Å²) in [6.45, 7) is 2.16. The fourth-order valence-electron chi connectivity index (χ4n) is 3.23. The lowest BCUT2D eigenvalue weighted by molar-refractivity contribution is 0.0503. The summed E-state index contributed by atoms with van der Waals surface area (Å²) in [6.07, 6.45) is 0. The van der Waals surface area contributed by atoms with E-state index in [0.717, 1.165) is 11.0 Å². The van der Waals surface area contributed by atoms with Gasteiger partial charge in [0.1, 0.15) is 23.8 Å². The predicted octanol–water partition coefficient (Wildman–Crippen LogP) is 2.99. The third-order valence-electron chi connectivity index (χ3n) is 4.80. The molecule has 0 radical (unpaired) electrons. The van der Waals surface area contributed by atoms with Gasteiger partial charge >= 0.3 is 5.97 Å². The molecule has 2 aromatic carbocycles. The summed E-state index contributed by atoms with van der Waals surface area (Å²) in [5.74, 6) is -0.719. The Labute approximate surface area is 171 Å². The first-order chi connectivity index (χ1) is 14.5. The molecule has 2 heterocycles. The number of esters is 1. The van der Waals surface area contributed by atoms with Gasteiger partial charge in [-0.15, -0.1) is 5.10 Å². The lowest BCUT2D eigenvalue weighted by Crippen LogP contribution is -2.10. The second-order valence-corrected chi connectivity index (χ2v) is 6.60. The van der Waals surface area contributed by atoms with Crippen molar-refractivity contribution in [2.45, 2.75) is 13.5 Å². The molecular weight excluding hydrogens is 384 g/mol. The fraction of sp³-hybridized carbons (Fsp3) is 0.190. The van der Waals surface area contributed by atoms with E-state index in [-0.39, 0.29) is 16.9 Å². The SMILES string of the molecule is CCn1nnc2cc(C(=O)OC/C(O)=C(\C#N)c3nc4ccccc4n3C)ccc21. The van der Waals surface area contributed by atoms with Crippen molar-refractivity contribution in [2.24, 2.45) is 7.05 Å². The molecule has 0 aliphatic rings. The largest absolute Gasteiger partial charge is 0.507 e. The number of carbonyl (C=O) groups excluding carboxylic acids is 1. The average Bonchev–Trinajstić information content (AvgIpc) is 3.33. The van der Waals surface area contributed by atoms with Gasteiger partial charge in [-0.3, -0.25) is 0 Å². The van der Waals surface area contributed by atoms with E-state index in [1.54, 1.807) is 34.5 Å². The van der Waals surface area contributed by atoms with E-state index in [1.807, 2.05) is 37.3 Å². The maximum absolute atomic E-state index is 12.4. The minimum Gasteiger partial charge on any atom is -0.507 e. The van der Waals surface area contributed by atoms with Gasteiger partial charge in [0.05, 0.1) is 22.1 Å². The van der Waals surface area contributed by atoms with Crippen molar-refractivity contribution in [3.05, 3.63) is 59.6 Å². The number of nitriles is 1. The molecule has 9 nitrogen and oxygen atoms in total. The number of imidazole rings is 1. The van der Waals surface area contributed by atoms with E-state index in [0.29, 0.717) is 23.4 Å². The monoisotopic (exact) mass is 402 g/mol. The number of ether oxygens (including phenoxy) is 1. The Hall–Kier alpha value is -4.19. The summed E-state index contributed by atoms with van der Waals surface area (Å²) in [6, 6.07) is 14.3. The third kappa shape index (κ3) is 3.24. The zero-order valence-corrected chi connectivity index (χ0v) is 16.4. The molecule has 2 aromatic heterocycles. The van der Waals surface area contributed by atoms with Crippen LogP contribution in [0.3, 0.4) is 0 Å². The summed E-state index contributed by atoms with van der Waals surface area (Å²) in [5.41, 5.74) is 3.12. The maximum atomic E-state index is 12.4. The molecule has 0 aliphatic carbocycles. The summed E-state index contributed by atoms with van der Waals surface area (Å²) in [7, 11) is 1.75. The highest BCUT2D eigenvalue weighted by molar-refractivity contribution is 5.93. The molecule has 0 fully saturated rings. The van der Waals surface area contributed by atoms with Crippen molar-refractivity contribution < 1.29 is 14.6 Å². The standard InChI is InChI=1S/C21H18N6O3/c1-3-27-18-9-8-13(10-16(18)24-25-27)21(29)30-12-19(28)14(11-22)20-23-15-6-4-5-7-17(15)26(20)2/h4-10,28H,3,12H2,1-2H3/b19-14-. The Morgan fingerprint density at radius 2 is 2.00 bits per heavy atom. The number of allylic oxidation sites excluding steroid dienone is 1. The second-order valence-electron chi connectivity index (χ2n) is 6.60. The summed E-state index contributed by atoms with van der Waals surface area (Å²) in [4.78, 5) is 16.8. The molecule has 1 N–H and O–H groups in total. The van der Waals surface area contributed by atoms with E-state index in [4.69, 9.17) is 4.74 Å². The van der Waals surface area contributed by atoms with Crippen LogP contribution in [0.4, 0.5) is 0 Å². The first-order valence-corrected chi connectivity index (χ1v) is 9.28. The number of carbonyl (C=O) groups is 1. The Bertz CT molecular complexity index is 1340. The molecule has 0 bridgehead atoms. The number of aryl methyl sites for hydroxylation is 2. The predicted molar refractivity (Wildman–Crippen MR) is 109 cm³/mol. The first kappa shape index (κ1) is 19.1. The molecule has 30 heavy (non-hydrogen) atoms. The molecule has 4 rings (SSSR count). The summed E-state index contributed by atoms with van der Waals surface area (Å²) in [5, 5.41) is 28.0. The highest BCUT2D eigenvalue weighted by atomic mass is 16.5. The molecule has 0 atom stereocenters. The van der Waals surface area contributed by atoms with Crippen LogP contribution in [0, 0.1) is 11.3 Å². The lowest BCUT2D eigenvalue weighted by atomic mass is 10.2. The minimum atomic E-state index is -0.642. The molecule has 0 amide bonds. The van der Waals surface area contributed by atoms with Crippen LogP contribution in [0.25, 0.3) is 27.6 Å². The number of aliphatic hydroxyl groups is 1. The van der Waals surface area contributed by atoms with E-state index in [2.05, 4.69) is 15.3 Å². The number of aromatic nitrogens is 5. The zero-order chi connectivity index (χ0) is 21.3.